The van der Waals surface area contributed by atoms with E-state index in [0.29, 0.717) is 16.7 Å². The summed E-state index contributed by atoms with van der Waals surface area (Å²) in [4.78, 5) is 24.9. The highest BCUT2D eigenvalue weighted by Crippen LogP contribution is 2.11. The smallest absolute Gasteiger partial charge is 0.316 e. The van der Waals surface area contributed by atoms with Gasteiger partial charge in [-0.1, -0.05) is 0 Å². The van der Waals surface area contributed by atoms with Crippen LogP contribution in [0.15, 0.2) is 27.8 Å². The average Bonchev–Trinajstić information content (AvgIpc) is 2.14. The fourth-order valence-electron chi connectivity index (χ4n) is 1.38. The van der Waals surface area contributed by atoms with Crippen LogP contribution in [0.5, 0.6) is 0 Å². The van der Waals surface area contributed by atoms with Gasteiger partial charge in [-0.25, -0.2) is 0 Å². The first-order chi connectivity index (χ1) is 6.59. The number of nitrogens with two attached hydrogens (primary N) is 1. The van der Waals surface area contributed by atoms with E-state index in [9.17, 15) is 9.59 Å². The number of hydrogen-bond donors (Lipinski definition) is 2. The fourth-order valence-corrected chi connectivity index (χ4v) is 1.38. The Bertz CT molecular complexity index is 609. The highest BCUT2D eigenvalue weighted by molar-refractivity contribution is 5.78. The molecule has 1 aromatic carbocycles. The average molecular weight is 191 g/mol. The third-order valence-electron chi connectivity index (χ3n) is 2.13. The Morgan fingerprint density at radius 3 is 2.79 bits per heavy atom. The Kier molecular flexibility index (Phi) is 1.67. The molecule has 0 saturated carbocycles. The first-order valence-electron chi connectivity index (χ1n) is 4.08. The molecule has 0 atom stereocenters. The Hall–Kier alpha value is -2.04. The van der Waals surface area contributed by atoms with Gasteiger partial charge in [0, 0.05) is 12.7 Å². The van der Waals surface area contributed by atoms with Crippen molar-refractivity contribution in [2.24, 2.45) is 7.05 Å². The summed E-state index contributed by atoms with van der Waals surface area (Å²) in [6.45, 7) is 0. The standard InChI is InChI=1S/C9H9N3O2/c1-12-7-3-2-5(10)4-6(7)11-8(13)9(12)14/h2-4H,10H2,1H3,(H,11,13). The van der Waals surface area contributed by atoms with Crippen molar-refractivity contribution in [1.82, 2.24) is 9.55 Å². The second-order valence-corrected chi connectivity index (χ2v) is 3.09. The first-order valence-corrected chi connectivity index (χ1v) is 4.08. The molecule has 0 spiro atoms. The molecule has 0 aliphatic rings. The number of nitrogens with zero attached hydrogens (tertiary/aromatic N) is 1. The van der Waals surface area contributed by atoms with E-state index in [1.807, 2.05) is 0 Å². The van der Waals surface area contributed by atoms with Crippen LogP contribution < -0.4 is 16.9 Å². The quantitative estimate of drug-likeness (QED) is 0.447. The Morgan fingerprint density at radius 1 is 1.36 bits per heavy atom. The maximum Gasteiger partial charge on any atom is 0.316 e. The van der Waals surface area contributed by atoms with Crippen LogP contribution in [0.25, 0.3) is 11.0 Å². The molecule has 0 unspecified atom stereocenters. The van der Waals surface area contributed by atoms with Gasteiger partial charge in [-0.05, 0) is 18.2 Å². The molecule has 2 rings (SSSR count). The van der Waals surface area contributed by atoms with Crippen LogP contribution >= 0.6 is 0 Å². The van der Waals surface area contributed by atoms with Gasteiger partial charge in [-0.15, -0.1) is 0 Å². The molecule has 5 heteroatoms. The SMILES string of the molecule is Cn1c(=O)c(=O)[nH]c2cc(N)ccc21. The monoisotopic (exact) mass is 191 g/mol. The van der Waals surface area contributed by atoms with Crippen molar-refractivity contribution in [3.05, 3.63) is 38.9 Å². The van der Waals surface area contributed by atoms with Crippen LogP contribution in [-0.4, -0.2) is 9.55 Å². The topological polar surface area (TPSA) is 80.9 Å². The molecular formula is C9H9N3O2. The van der Waals surface area contributed by atoms with Gasteiger partial charge >= 0.3 is 11.1 Å². The predicted octanol–water partition coefficient (Wildman–Crippen LogP) is -0.191. The van der Waals surface area contributed by atoms with Gasteiger partial charge < -0.3 is 15.3 Å². The van der Waals surface area contributed by atoms with E-state index in [1.54, 1.807) is 25.2 Å². The lowest BCUT2D eigenvalue weighted by Crippen LogP contribution is -2.34. The number of nitrogens with one attached hydrogen (secondary N) is 1. The van der Waals surface area contributed by atoms with Gasteiger partial charge in [0.15, 0.2) is 0 Å². The third kappa shape index (κ3) is 1.10. The van der Waals surface area contributed by atoms with Crippen LogP contribution in [-0.2, 0) is 7.05 Å². The molecule has 0 bridgehead atoms. The Balaban J connectivity index is 3.06. The summed E-state index contributed by atoms with van der Waals surface area (Å²) < 4.78 is 1.30. The number of aromatic amines is 1. The maximum absolute atomic E-state index is 11.3. The van der Waals surface area contributed by atoms with Crippen molar-refractivity contribution in [1.29, 1.82) is 0 Å². The Morgan fingerprint density at radius 2 is 2.07 bits per heavy atom. The minimum absolute atomic E-state index is 0.548. The summed E-state index contributed by atoms with van der Waals surface area (Å²) in [5, 5.41) is 0. The zero-order chi connectivity index (χ0) is 10.3. The van der Waals surface area contributed by atoms with Gasteiger partial charge in [0.25, 0.3) is 0 Å². The molecule has 3 N–H and O–H groups in total. The van der Waals surface area contributed by atoms with Crippen molar-refractivity contribution in [3.8, 4) is 0 Å². The highest BCUT2D eigenvalue weighted by Gasteiger charge is 2.03. The minimum atomic E-state index is -0.634. The summed E-state index contributed by atoms with van der Waals surface area (Å²) >= 11 is 0. The number of anilines is 1. The van der Waals surface area contributed by atoms with Gasteiger partial charge in [-0.2, -0.15) is 0 Å². The van der Waals surface area contributed by atoms with E-state index in [1.165, 1.54) is 4.57 Å². The molecular weight excluding hydrogens is 182 g/mol. The van der Waals surface area contributed by atoms with E-state index in [-0.39, 0.29) is 0 Å². The van der Waals surface area contributed by atoms with Crippen LogP contribution in [0, 0.1) is 0 Å². The van der Waals surface area contributed by atoms with Crippen molar-refractivity contribution in [2.45, 2.75) is 0 Å². The largest absolute Gasteiger partial charge is 0.399 e. The fraction of sp³-hybridized carbons (Fsp3) is 0.111. The summed E-state index contributed by atoms with van der Waals surface area (Å²) in [6, 6.07) is 5.00. The second-order valence-electron chi connectivity index (χ2n) is 3.09. The number of benzene rings is 1. The lowest BCUT2D eigenvalue weighted by Gasteiger charge is -2.03. The lowest BCUT2D eigenvalue weighted by atomic mass is 10.2. The number of aromatic nitrogens is 2. The van der Waals surface area contributed by atoms with E-state index >= 15 is 0 Å². The molecule has 0 radical (unpaired) electrons. The van der Waals surface area contributed by atoms with E-state index in [2.05, 4.69) is 4.98 Å². The summed E-state index contributed by atoms with van der Waals surface area (Å²) in [7, 11) is 1.55. The van der Waals surface area contributed by atoms with E-state index in [4.69, 9.17) is 5.73 Å². The molecule has 2 aromatic rings. The number of nitrogen functional groups attached to an aromatic ring is 1. The molecule has 0 saturated heterocycles. The normalized spacial score (nSPS) is 10.6. The molecule has 14 heavy (non-hydrogen) atoms. The number of H-pyrrole nitrogens is 1. The molecule has 0 aliphatic heterocycles. The zero-order valence-electron chi connectivity index (χ0n) is 7.57. The molecule has 72 valence electrons. The van der Waals surface area contributed by atoms with Crippen molar-refractivity contribution in [2.75, 3.05) is 5.73 Å². The zero-order valence-corrected chi connectivity index (χ0v) is 7.57. The van der Waals surface area contributed by atoms with Gasteiger partial charge in [0.05, 0.1) is 11.0 Å². The molecule has 5 nitrogen and oxygen atoms in total. The summed E-state index contributed by atoms with van der Waals surface area (Å²) in [5.41, 5.74) is 6.12. The predicted molar refractivity (Wildman–Crippen MR) is 54.2 cm³/mol. The van der Waals surface area contributed by atoms with Crippen LogP contribution in [0.3, 0.4) is 0 Å². The number of fused-ring (bicyclic) bond motifs is 1. The molecule has 0 amide bonds. The number of rotatable bonds is 0. The first kappa shape index (κ1) is 8.55. The van der Waals surface area contributed by atoms with Crippen LogP contribution in [0.2, 0.25) is 0 Å². The van der Waals surface area contributed by atoms with Gasteiger partial charge in [0.1, 0.15) is 0 Å². The molecule has 1 heterocycles. The maximum atomic E-state index is 11.3. The summed E-state index contributed by atoms with van der Waals surface area (Å²) in [6.07, 6.45) is 0. The van der Waals surface area contributed by atoms with E-state index in [0.717, 1.165) is 0 Å². The Labute approximate surface area is 78.8 Å². The van der Waals surface area contributed by atoms with Gasteiger partial charge in [-0.3, -0.25) is 9.59 Å². The minimum Gasteiger partial charge on any atom is -0.399 e. The highest BCUT2D eigenvalue weighted by atomic mass is 16.2. The van der Waals surface area contributed by atoms with Crippen LogP contribution in [0.1, 0.15) is 0 Å². The van der Waals surface area contributed by atoms with Crippen molar-refractivity contribution in [3.63, 3.8) is 0 Å². The molecule has 1 aromatic heterocycles. The van der Waals surface area contributed by atoms with Crippen molar-refractivity contribution >= 4 is 16.7 Å². The second kappa shape index (κ2) is 2.73. The number of aryl methyl sites for hydroxylation is 1. The summed E-state index contributed by atoms with van der Waals surface area (Å²) in [5.74, 6) is 0. The third-order valence-corrected chi connectivity index (χ3v) is 2.13. The molecule has 0 fully saturated rings. The van der Waals surface area contributed by atoms with E-state index < -0.39 is 11.1 Å². The van der Waals surface area contributed by atoms with Crippen LogP contribution in [0.4, 0.5) is 5.69 Å². The van der Waals surface area contributed by atoms with Gasteiger partial charge in [0.2, 0.25) is 0 Å². The molecule has 0 aliphatic carbocycles. The number of hydrogen-bond acceptors (Lipinski definition) is 3. The van der Waals surface area contributed by atoms with Crippen molar-refractivity contribution < 1.29 is 0 Å². The lowest BCUT2D eigenvalue weighted by molar-refractivity contribution is 0.874.